The predicted molar refractivity (Wildman–Crippen MR) is 180 cm³/mol. The molecule has 2 aliphatic carbocycles. The topological polar surface area (TPSA) is 150 Å². The standard InChI is InChI=1S/C32H26Cl2F6N8O3S/c1-47-27-15(3-4-19(33)24(27)31(45-47)46-52(2,50)51)16-10-20(41)29(34)43-25(16)21(7-12-5-13(35)8-14(36)6-12)42-22(49)11-48-28-23(26(44-48)30(37)38)17-9-18(17)32(28,39)40/h3-6,8,10,17-18,21,30H,7,9,11,41H2,1-2H3,(H,42,49)(H,45,46). The van der Waals surface area contributed by atoms with Gasteiger partial charge in [0, 0.05) is 35.7 Å². The van der Waals surface area contributed by atoms with E-state index in [1.807, 2.05) is 0 Å². The van der Waals surface area contributed by atoms with Crippen LogP contribution >= 0.6 is 23.2 Å². The maximum absolute atomic E-state index is 15.3. The zero-order valence-corrected chi connectivity index (χ0v) is 29.2. The summed E-state index contributed by atoms with van der Waals surface area (Å²) in [7, 11) is -2.31. The lowest BCUT2D eigenvalue weighted by molar-refractivity contribution is -0.123. The van der Waals surface area contributed by atoms with Crippen LogP contribution < -0.4 is 15.8 Å². The summed E-state index contributed by atoms with van der Waals surface area (Å²) >= 11 is 12.9. The molecule has 1 saturated carbocycles. The normalized spacial score (nSPS) is 18.1. The number of nitrogen functional groups attached to an aromatic ring is 1. The number of nitrogens with two attached hydrogens (primary N) is 1. The number of hydrogen-bond donors (Lipinski definition) is 3. The van der Waals surface area contributed by atoms with E-state index in [4.69, 9.17) is 28.9 Å². The van der Waals surface area contributed by atoms with Crippen molar-refractivity contribution in [1.29, 1.82) is 0 Å². The third-order valence-electron chi connectivity index (χ3n) is 9.03. The fraction of sp³-hybridized carbons (Fsp3) is 0.312. The molecule has 3 aromatic heterocycles. The molecule has 3 unspecified atom stereocenters. The number of nitrogens with zero attached hydrogens (tertiary/aromatic N) is 5. The SMILES string of the molecule is Cn1nc(NS(C)(=O)=O)c2c(Cl)ccc(-c3cc(N)c(Cl)nc3C(Cc3cc(F)cc(F)c3)NC(=O)Cn3nc(C(F)F)c4c3C(F)(F)C3CC43)c21. The number of carbonyl (C=O) groups excluding carboxylic acids is 1. The van der Waals surface area contributed by atoms with Crippen molar-refractivity contribution >= 4 is 61.5 Å². The van der Waals surface area contributed by atoms with Gasteiger partial charge in [-0.2, -0.15) is 19.0 Å². The Kier molecular flexibility index (Phi) is 8.65. The summed E-state index contributed by atoms with van der Waals surface area (Å²) in [6, 6.07) is 5.72. The molecule has 11 nitrogen and oxygen atoms in total. The van der Waals surface area contributed by atoms with Crippen molar-refractivity contribution in [1.82, 2.24) is 29.9 Å². The zero-order chi connectivity index (χ0) is 37.6. The van der Waals surface area contributed by atoms with Crippen LogP contribution in [-0.4, -0.2) is 45.1 Å². The van der Waals surface area contributed by atoms with E-state index in [-0.39, 0.29) is 67.8 Å². The van der Waals surface area contributed by atoms with Crippen molar-refractivity contribution in [2.75, 3.05) is 16.7 Å². The van der Waals surface area contributed by atoms with Gasteiger partial charge in [0.1, 0.15) is 29.6 Å². The number of aromatic nitrogens is 5. The monoisotopic (exact) mass is 786 g/mol. The number of rotatable bonds is 10. The van der Waals surface area contributed by atoms with Crippen molar-refractivity contribution in [2.24, 2.45) is 13.0 Å². The van der Waals surface area contributed by atoms with E-state index in [1.165, 1.54) is 29.9 Å². The van der Waals surface area contributed by atoms with Gasteiger partial charge >= 0.3 is 0 Å². The molecule has 274 valence electrons. The van der Waals surface area contributed by atoms with Crippen molar-refractivity contribution < 1.29 is 39.6 Å². The summed E-state index contributed by atoms with van der Waals surface area (Å²) in [4.78, 5) is 18.1. The highest BCUT2D eigenvalue weighted by atomic mass is 35.5. The largest absolute Gasteiger partial charge is 0.396 e. The van der Waals surface area contributed by atoms with Gasteiger partial charge in [0.25, 0.3) is 12.3 Å². The molecule has 0 aliphatic heterocycles. The average Bonchev–Trinajstić information content (AvgIpc) is 3.57. The zero-order valence-electron chi connectivity index (χ0n) is 26.9. The van der Waals surface area contributed by atoms with Gasteiger partial charge in [-0.3, -0.25) is 18.9 Å². The predicted octanol–water partition coefficient (Wildman–Crippen LogP) is 6.62. The number of nitrogens with one attached hydrogen (secondary N) is 2. The molecular weight excluding hydrogens is 761 g/mol. The Morgan fingerprint density at radius 3 is 2.42 bits per heavy atom. The van der Waals surface area contributed by atoms with Crippen LogP contribution in [0, 0.1) is 17.6 Å². The van der Waals surface area contributed by atoms with E-state index in [1.54, 1.807) is 0 Å². The van der Waals surface area contributed by atoms with Gasteiger partial charge < -0.3 is 11.1 Å². The highest BCUT2D eigenvalue weighted by molar-refractivity contribution is 7.92. The van der Waals surface area contributed by atoms with Crippen LogP contribution in [0.25, 0.3) is 22.0 Å². The Labute approximate surface area is 301 Å². The van der Waals surface area contributed by atoms with Crippen molar-refractivity contribution in [3.05, 3.63) is 86.4 Å². The van der Waals surface area contributed by atoms with Crippen LogP contribution in [0.15, 0.2) is 36.4 Å². The van der Waals surface area contributed by atoms with E-state index in [0.29, 0.717) is 16.3 Å². The molecule has 0 radical (unpaired) electrons. The second kappa shape index (κ2) is 12.5. The molecule has 20 heteroatoms. The third-order valence-corrected chi connectivity index (χ3v) is 10.2. The molecule has 3 heterocycles. The Hall–Kier alpha value is -4.55. The van der Waals surface area contributed by atoms with E-state index in [9.17, 15) is 30.8 Å². The van der Waals surface area contributed by atoms with Gasteiger partial charge in [-0.05, 0) is 48.6 Å². The lowest BCUT2D eigenvalue weighted by Gasteiger charge is -2.23. The number of alkyl halides is 4. The number of carbonyl (C=O) groups is 1. The molecule has 1 amide bonds. The minimum Gasteiger partial charge on any atom is -0.396 e. The fourth-order valence-corrected chi connectivity index (χ4v) is 7.86. The molecule has 0 bridgehead atoms. The molecule has 3 atom stereocenters. The minimum atomic E-state index is -3.82. The molecular formula is C32H26Cl2F6N8O3S. The average molecular weight is 788 g/mol. The number of halogens is 8. The highest BCUT2D eigenvalue weighted by Gasteiger charge is 2.67. The first kappa shape index (κ1) is 35.8. The molecule has 1 fully saturated rings. The summed E-state index contributed by atoms with van der Waals surface area (Å²) in [5.41, 5.74) is 5.09. The highest BCUT2D eigenvalue weighted by Crippen LogP contribution is 2.68. The number of pyridine rings is 1. The number of hydrogen-bond acceptors (Lipinski definition) is 7. The minimum absolute atomic E-state index is 0.0230. The number of amides is 1. The van der Waals surface area contributed by atoms with Crippen LogP contribution in [0.3, 0.4) is 0 Å². The summed E-state index contributed by atoms with van der Waals surface area (Å²) in [5, 5.41) is 10.7. The fourth-order valence-electron chi connectivity index (χ4n) is 6.98. The molecule has 7 rings (SSSR count). The van der Waals surface area contributed by atoms with Gasteiger partial charge in [-0.25, -0.2) is 31.0 Å². The van der Waals surface area contributed by atoms with Gasteiger partial charge in [0.05, 0.1) is 39.6 Å². The number of fused-ring (bicyclic) bond motifs is 4. The lowest BCUT2D eigenvalue weighted by atomic mass is 9.94. The van der Waals surface area contributed by atoms with Crippen LogP contribution in [0.2, 0.25) is 10.2 Å². The third kappa shape index (κ3) is 6.29. The van der Waals surface area contributed by atoms with E-state index in [2.05, 4.69) is 25.2 Å². The first-order valence-corrected chi connectivity index (χ1v) is 18.1. The first-order chi connectivity index (χ1) is 24.3. The number of benzene rings is 2. The van der Waals surface area contributed by atoms with E-state index in [0.717, 1.165) is 18.4 Å². The quantitative estimate of drug-likeness (QED) is 0.106. The molecule has 2 aromatic carbocycles. The van der Waals surface area contributed by atoms with Gasteiger partial charge in [-0.1, -0.05) is 29.3 Å². The van der Waals surface area contributed by atoms with Crippen molar-refractivity contribution in [3.8, 4) is 11.1 Å². The number of aryl methyl sites for hydroxylation is 1. The molecule has 2 aliphatic rings. The first-order valence-electron chi connectivity index (χ1n) is 15.4. The maximum atomic E-state index is 15.3. The number of sulfonamides is 1. The molecule has 4 N–H and O–H groups in total. The molecule has 0 saturated heterocycles. The van der Waals surface area contributed by atoms with Crippen LogP contribution in [0.5, 0.6) is 0 Å². The van der Waals surface area contributed by atoms with Gasteiger partial charge in [-0.15, -0.1) is 0 Å². The summed E-state index contributed by atoms with van der Waals surface area (Å²) < 4.78 is 116. The summed E-state index contributed by atoms with van der Waals surface area (Å²) in [5.74, 6) is -8.40. The van der Waals surface area contributed by atoms with E-state index < -0.39 is 75.7 Å². The second-order valence-corrected chi connectivity index (χ2v) is 15.3. The van der Waals surface area contributed by atoms with Gasteiger partial charge in [0.2, 0.25) is 15.9 Å². The van der Waals surface area contributed by atoms with Gasteiger partial charge in [0.15, 0.2) is 11.0 Å². The van der Waals surface area contributed by atoms with Crippen molar-refractivity contribution in [3.63, 3.8) is 0 Å². The smallest absolute Gasteiger partial charge is 0.293 e. The summed E-state index contributed by atoms with van der Waals surface area (Å²) in [6.07, 6.45) is -2.56. The molecule has 5 aromatic rings. The molecule has 0 spiro atoms. The van der Waals surface area contributed by atoms with E-state index >= 15 is 8.78 Å². The Morgan fingerprint density at radius 1 is 1.08 bits per heavy atom. The molecule has 52 heavy (non-hydrogen) atoms. The lowest BCUT2D eigenvalue weighted by Crippen LogP contribution is -2.35. The Morgan fingerprint density at radius 2 is 1.77 bits per heavy atom. The Bertz CT molecular complexity index is 2400. The van der Waals surface area contributed by atoms with Crippen LogP contribution in [0.4, 0.5) is 37.8 Å². The number of anilines is 2. The summed E-state index contributed by atoms with van der Waals surface area (Å²) in [6.45, 7) is -0.913. The second-order valence-electron chi connectivity index (χ2n) is 12.7. The van der Waals surface area contributed by atoms with Crippen LogP contribution in [0.1, 0.15) is 53.0 Å². The van der Waals surface area contributed by atoms with Crippen LogP contribution in [-0.2, 0) is 40.8 Å². The Balaban J connectivity index is 1.35. The van der Waals surface area contributed by atoms with Crippen molar-refractivity contribution in [2.45, 2.75) is 43.7 Å². The maximum Gasteiger partial charge on any atom is 0.293 e.